The van der Waals surface area contributed by atoms with Crippen LogP contribution in [0.2, 0.25) is 0 Å². The summed E-state index contributed by atoms with van der Waals surface area (Å²) in [4.78, 5) is 7.19. The van der Waals surface area contributed by atoms with Crippen LogP contribution in [0.15, 0.2) is 17.2 Å². The molecule has 0 spiro atoms. The zero-order valence-corrected chi connectivity index (χ0v) is 16.6. The van der Waals surface area contributed by atoms with Crippen molar-refractivity contribution in [3.05, 3.63) is 12.1 Å². The van der Waals surface area contributed by atoms with Gasteiger partial charge >= 0.3 is 0 Å². The summed E-state index contributed by atoms with van der Waals surface area (Å²) in [5.74, 6) is 0.691. The van der Waals surface area contributed by atoms with Crippen molar-refractivity contribution in [1.29, 1.82) is 5.53 Å². The summed E-state index contributed by atoms with van der Waals surface area (Å²) < 4.78 is 7.02. The lowest BCUT2D eigenvalue weighted by atomic mass is 10.1. The van der Waals surface area contributed by atoms with Crippen LogP contribution in [0.1, 0.15) is 64.7 Å². The first-order valence-electron chi connectivity index (χ1n) is 10.0. The monoisotopic (exact) mass is 374 g/mol. The predicted molar refractivity (Wildman–Crippen MR) is 109 cm³/mol. The summed E-state index contributed by atoms with van der Waals surface area (Å²) in [5.41, 5.74) is 9.04. The third-order valence-electron chi connectivity index (χ3n) is 4.96. The van der Waals surface area contributed by atoms with Crippen molar-refractivity contribution in [2.75, 3.05) is 24.6 Å². The Balaban J connectivity index is 1.62. The topological polar surface area (TPSA) is 61.6 Å². The minimum absolute atomic E-state index is 0.609. The molecule has 1 aliphatic heterocycles. The molecule has 1 aliphatic rings. The van der Waals surface area contributed by atoms with E-state index in [1.54, 1.807) is 11.3 Å². The SMILES string of the molecule is CCCCCCCCOc1cc2nc(N3CCCCC3)sc2cc1N=N. The molecule has 1 aromatic heterocycles. The molecular formula is C20H30N4OS. The summed E-state index contributed by atoms with van der Waals surface area (Å²) in [6.45, 7) is 5.11. The minimum atomic E-state index is 0.609. The molecule has 1 fully saturated rings. The maximum absolute atomic E-state index is 7.47. The van der Waals surface area contributed by atoms with Gasteiger partial charge in [-0.15, -0.1) is 0 Å². The molecule has 0 amide bonds. The molecule has 2 heterocycles. The number of nitrogens with zero attached hydrogens (tertiary/aromatic N) is 3. The maximum atomic E-state index is 7.47. The average Bonchev–Trinajstić information content (AvgIpc) is 3.10. The Labute approximate surface area is 160 Å². The number of hydrogen-bond acceptors (Lipinski definition) is 6. The van der Waals surface area contributed by atoms with E-state index < -0.39 is 0 Å². The Bertz CT molecular complexity index is 709. The van der Waals surface area contributed by atoms with Crippen LogP contribution < -0.4 is 9.64 Å². The van der Waals surface area contributed by atoms with Crippen LogP contribution in [0.3, 0.4) is 0 Å². The smallest absolute Gasteiger partial charge is 0.186 e. The fraction of sp³-hybridized carbons (Fsp3) is 0.650. The van der Waals surface area contributed by atoms with Crippen molar-refractivity contribution in [3.63, 3.8) is 0 Å². The summed E-state index contributed by atoms with van der Waals surface area (Å²) in [6.07, 6.45) is 11.2. The number of hydrogen-bond donors (Lipinski definition) is 1. The summed E-state index contributed by atoms with van der Waals surface area (Å²) in [7, 11) is 0. The van der Waals surface area contributed by atoms with E-state index in [1.165, 1.54) is 51.4 Å². The lowest BCUT2D eigenvalue weighted by molar-refractivity contribution is 0.305. The van der Waals surface area contributed by atoms with Crippen LogP contribution in [-0.4, -0.2) is 24.7 Å². The Hall–Kier alpha value is -1.69. The molecular weight excluding hydrogens is 344 g/mol. The van der Waals surface area contributed by atoms with Gasteiger partial charge in [-0.05, 0) is 31.7 Å². The number of piperidine rings is 1. The van der Waals surface area contributed by atoms with Gasteiger partial charge in [-0.3, -0.25) is 0 Å². The van der Waals surface area contributed by atoms with Crippen LogP contribution in [-0.2, 0) is 0 Å². The number of rotatable bonds is 10. The fourth-order valence-corrected chi connectivity index (χ4v) is 4.45. The Morgan fingerprint density at radius 3 is 2.65 bits per heavy atom. The summed E-state index contributed by atoms with van der Waals surface area (Å²) in [5, 5.41) is 4.76. The van der Waals surface area contributed by atoms with E-state index in [0.29, 0.717) is 18.0 Å². The molecule has 0 saturated carbocycles. The minimum Gasteiger partial charge on any atom is -0.491 e. The Morgan fingerprint density at radius 2 is 1.88 bits per heavy atom. The van der Waals surface area contributed by atoms with Gasteiger partial charge < -0.3 is 9.64 Å². The summed E-state index contributed by atoms with van der Waals surface area (Å²) >= 11 is 1.70. The fourth-order valence-electron chi connectivity index (χ4n) is 3.42. The van der Waals surface area contributed by atoms with Gasteiger partial charge in [0.2, 0.25) is 0 Å². The van der Waals surface area contributed by atoms with E-state index in [0.717, 1.165) is 34.9 Å². The number of unbranched alkanes of at least 4 members (excludes halogenated alkanes) is 5. The first kappa shape index (κ1) is 19.1. The summed E-state index contributed by atoms with van der Waals surface area (Å²) in [6, 6.07) is 3.91. The molecule has 2 aromatic rings. The van der Waals surface area contributed by atoms with E-state index in [1.807, 2.05) is 12.1 Å². The molecule has 0 radical (unpaired) electrons. The molecule has 0 aliphatic carbocycles. The Morgan fingerprint density at radius 1 is 1.12 bits per heavy atom. The quantitative estimate of drug-likeness (QED) is 0.372. The number of benzene rings is 1. The van der Waals surface area contributed by atoms with Crippen LogP contribution in [0.25, 0.3) is 10.2 Å². The van der Waals surface area contributed by atoms with E-state index >= 15 is 0 Å². The standard InChI is InChI=1S/C20H30N4OS/c1-2-3-4-5-6-10-13-25-18-14-17-19(15-16(18)23-21)26-20(22-17)24-11-8-7-9-12-24/h14-15,21H,2-13H2,1H3. The van der Waals surface area contributed by atoms with Crippen LogP contribution in [0, 0.1) is 5.53 Å². The van der Waals surface area contributed by atoms with Crippen molar-refractivity contribution < 1.29 is 4.74 Å². The van der Waals surface area contributed by atoms with Crippen molar-refractivity contribution in [2.24, 2.45) is 5.11 Å². The van der Waals surface area contributed by atoms with Crippen molar-refractivity contribution in [1.82, 2.24) is 4.98 Å². The van der Waals surface area contributed by atoms with E-state index in [2.05, 4.69) is 16.9 Å². The average molecular weight is 375 g/mol. The molecule has 0 unspecified atom stereocenters. The lowest BCUT2D eigenvalue weighted by Gasteiger charge is -2.25. The first-order valence-corrected chi connectivity index (χ1v) is 10.8. The third kappa shape index (κ3) is 4.93. The number of anilines is 1. The van der Waals surface area contributed by atoms with E-state index in [4.69, 9.17) is 15.3 Å². The van der Waals surface area contributed by atoms with Crippen LogP contribution >= 0.6 is 11.3 Å². The zero-order valence-electron chi connectivity index (χ0n) is 15.8. The number of thiazole rings is 1. The second-order valence-electron chi connectivity index (χ2n) is 7.06. The molecule has 142 valence electrons. The van der Waals surface area contributed by atoms with Crippen molar-refractivity contribution in [2.45, 2.75) is 64.7 Å². The highest BCUT2D eigenvalue weighted by molar-refractivity contribution is 7.22. The molecule has 5 nitrogen and oxygen atoms in total. The van der Waals surface area contributed by atoms with Gasteiger partial charge in [0, 0.05) is 19.2 Å². The van der Waals surface area contributed by atoms with Gasteiger partial charge in [-0.2, -0.15) is 5.11 Å². The second kappa shape index (κ2) is 9.86. The predicted octanol–water partition coefficient (Wildman–Crippen LogP) is 6.69. The van der Waals surface area contributed by atoms with Gasteiger partial charge in [-0.1, -0.05) is 50.4 Å². The van der Waals surface area contributed by atoms with Gasteiger partial charge in [0.25, 0.3) is 0 Å². The molecule has 1 aromatic carbocycles. The highest BCUT2D eigenvalue weighted by Crippen LogP contribution is 2.38. The zero-order chi connectivity index (χ0) is 18.2. The number of nitrogens with one attached hydrogen (secondary N) is 1. The van der Waals surface area contributed by atoms with Crippen LogP contribution in [0.4, 0.5) is 10.8 Å². The molecule has 0 atom stereocenters. The highest BCUT2D eigenvalue weighted by atomic mass is 32.1. The van der Waals surface area contributed by atoms with E-state index in [-0.39, 0.29) is 0 Å². The third-order valence-corrected chi connectivity index (χ3v) is 6.04. The Kier molecular flexibility index (Phi) is 7.23. The molecule has 1 N–H and O–H groups in total. The van der Waals surface area contributed by atoms with Gasteiger partial charge in [-0.25, -0.2) is 10.5 Å². The lowest BCUT2D eigenvalue weighted by Crippen LogP contribution is -2.29. The van der Waals surface area contributed by atoms with Crippen molar-refractivity contribution >= 4 is 32.4 Å². The normalized spacial score (nSPS) is 14.7. The van der Waals surface area contributed by atoms with E-state index in [9.17, 15) is 0 Å². The number of aromatic nitrogens is 1. The molecule has 26 heavy (non-hydrogen) atoms. The number of fused-ring (bicyclic) bond motifs is 1. The molecule has 3 rings (SSSR count). The van der Waals surface area contributed by atoms with Crippen molar-refractivity contribution in [3.8, 4) is 5.75 Å². The highest BCUT2D eigenvalue weighted by Gasteiger charge is 2.17. The molecule has 1 saturated heterocycles. The largest absolute Gasteiger partial charge is 0.491 e. The number of ether oxygens (including phenoxy) is 1. The molecule has 6 heteroatoms. The van der Waals surface area contributed by atoms with Gasteiger partial charge in [0.05, 0.1) is 16.8 Å². The van der Waals surface area contributed by atoms with Crippen LogP contribution in [0.5, 0.6) is 5.75 Å². The maximum Gasteiger partial charge on any atom is 0.186 e. The second-order valence-corrected chi connectivity index (χ2v) is 8.07. The van der Waals surface area contributed by atoms with Gasteiger partial charge in [0.1, 0.15) is 11.4 Å². The molecule has 0 bridgehead atoms. The first-order chi connectivity index (χ1) is 12.8. The van der Waals surface area contributed by atoms with Gasteiger partial charge in [0.15, 0.2) is 5.13 Å².